The zero-order valence-electron chi connectivity index (χ0n) is 12.2. The molecule has 0 radical (unpaired) electrons. The minimum absolute atomic E-state index is 0.0473. The topological polar surface area (TPSA) is 47.6 Å². The minimum atomic E-state index is -2.87. The maximum atomic E-state index is 12.1. The molecule has 4 nitrogen and oxygen atoms in total. The van der Waals surface area contributed by atoms with Gasteiger partial charge in [-0.05, 0) is 35.9 Å². The van der Waals surface area contributed by atoms with Crippen LogP contribution in [0.4, 0.5) is 14.5 Å². The molecule has 2 aromatic rings. The Morgan fingerprint density at radius 3 is 2.48 bits per heavy atom. The highest BCUT2D eigenvalue weighted by Gasteiger charge is 2.08. The predicted molar refractivity (Wildman–Crippen MR) is 83.4 cm³/mol. The summed E-state index contributed by atoms with van der Waals surface area (Å²) in [5.41, 5.74) is 1.21. The Morgan fingerprint density at radius 1 is 1.22 bits per heavy atom. The van der Waals surface area contributed by atoms with Crippen LogP contribution in [0.3, 0.4) is 0 Å². The molecule has 0 aliphatic heterocycles. The average Bonchev–Trinajstić information content (AvgIpc) is 2.49. The molecule has 0 saturated heterocycles. The number of carbonyl (C=O) groups is 1. The molecular formula is C16H14ClF2NO3. The molecule has 0 aromatic heterocycles. The molecule has 7 heteroatoms. The molecule has 1 amide bonds. The van der Waals surface area contributed by atoms with Crippen LogP contribution >= 0.6 is 11.6 Å². The van der Waals surface area contributed by atoms with E-state index in [1.54, 1.807) is 30.3 Å². The highest BCUT2D eigenvalue weighted by Crippen LogP contribution is 2.27. The minimum Gasteiger partial charge on any atom is -0.495 e. The molecule has 0 fully saturated rings. The number of hydrogen-bond acceptors (Lipinski definition) is 3. The molecule has 0 bridgehead atoms. The maximum Gasteiger partial charge on any atom is 0.387 e. The van der Waals surface area contributed by atoms with E-state index in [0.29, 0.717) is 22.0 Å². The molecule has 1 N–H and O–H groups in total. The monoisotopic (exact) mass is 341 g/mol. The third-order valence-corrected chi connectivity index (χ3v) is 3.24. The van der Waals surface area contributed by atoms with Crippen LogP contribution in [0.5, 0.6) is 11.5 Å². The first-order valence-electron chi connectivity index (χ1n) is 6.65. The van der Waals surface area contributed by atoms with Crippen LogP contribution in [-0.2, 0) is 11.2 Å². The van der Waals surface area contributed by atoms with Crippen molar-refractivity contribution in [3.63, 3.8) is 0 Å². The fourth-order valence-electron chi connectivity index (χ4n) is 1.92. The summed E-state index contributed by atoms with van der Waals surface area (Å²) < 4.78 is 33.4. The second kappa shape index (κ2) is 7.78. The Morgan fingerprint density at radius 2 is 1.91 bits per heavy atom. The zero-order valence-corrected chi connectivity index (χ0v) is 12.9. The van der Waals surface area contributed by atoms with Gasteiger partial charge in [-0.1, -0.05) is 23.7 Å². The van der Waals surface area contributed by atoms with Gasteiger partial charge >= 0.3 is 6.61 Å². The molecule has 0 heterocycles. The average molecular weight is 342 g/mol. The van der Waals surface area contributed by atoms with Crippen molar-refractivity contribution in [2.45, 2.75) is 13.0 Å². The van der Waals surface area contributed by atoms with E-state index in [0.717, 1.165) is 0 Å². The van der Waals surface area contributed by atoms with Gasteiger partial charge in [0.25, 0.3) is 0 Å². The van der Waals surface area contributed by atoms with Gasteiger partial charge in [-0.15, -0.1) is 0 Å². The number of benzene rings is 2. The summed E-state index contributed by atoms with van der Waals surface area (Å²) >= 11 is 5.98. The second-order valence-electron chi connectivity index (χ2n) is 4.60. The summed E-state index contributed by atoms with van der Waals surface area (Å²) in [6.45, 7) is -2.87. The normalized spacial score (nSPS) is 10.5. The van der Waals surface area contributed by atoms with Crippen LogP contribution in [-0.4, -0.2) is 19.6 Å². The van der Waals surface area contributed by atoms with Gasteiger partial charge < -0.3 is 14.8 Å². The molecular weight excluding hydrogens is 328 g/mol. The number of methoxy groups -OCH3 is 1. The molecule has 122 valence electrons. The van der Waals surface area contributed by atoms with E-state index >= 15 is 0 Å². The summed E-state index contributed by atoms with van der Waals surface area (Å²) in [6, 6.07) is 10.8. The van der Waals surface area contributed by atoms with Gasteiger partial charge in [-0.2, -0.15) is 8.78 Å². The Labute approximate surface area is 137 Å². The van der Waals surface area contributed by atoms with E-state index in [1.165, 1.54) is 19.2 Å². The first kappa shape index (κ1) is 17.0. The second-order valence-corrected chi connectivity index (χ2v) is 5.00. The molecule has 23 heavy (non-hydrogen) atoms. The fourth-order valence-corrected chi connectivity index (χ4v) is 2.18. The quantitative estimate of drug-likeness (QED) is 0.859. The summed E-state index contributed by atoms with van der Waals surface area (Å²) in [6.07, 6.45) is 0.0958. The standard InChI is InChI=1S/C16H14ClF2NO3/c1-22-14-7-4-11(9-13(14)17)20-15(21)8-10-2-5-12(6-3-10)23-16(18)19/h2-7,9,16H,8H2,1H3,(H,20,21). The smallest absolute Gasteiger partial charge is 0.387 e. The van der Waals surface area contributed by atoms with Gasteiger partial charge in [0.15, 0.2) is 0 Å². The van der Waals surface area contributed by atoms with Crippen molar-refractivity contribution in [2.75, 3.05) is 12.4 Å². The van der Waals surface area contributed by atoms with Gasteiger partial charge in [0, 0.05) is 5.69 Å². The summed E-state index contributed by atoms with van der Waals surface area (Å²) in [5.74, 6) is 0.305. The first-order chi connectivity index (χ1) is 11.0. The number of carbonyl (C=O) groups excluding carboxylic acids is 1. The van der Waals surface area contributed by atoms with Crippen molar-refractivity contribution < 1.29 is 23.0 Å². The lowest BCUT2D eigenvalue weighted by molar-refractivity contribution is -0.115. The van der Waals surface area contributed by atoms with E-state index in [-0.39, 0.29) is 18.1 Å². The van der Waals surface area contributed by atoms with Gasteiger partial charge in [-0.25, -0.2) is 0 Å². The lowest BCUT2D eigenvalue weighted by Crippen LogP contribution is -2.14. The highest BCUT2D eigenvalue weighted by atomic mass is 35.5. The van der Waals surface area contributed by atoms with E-state index < -0.39 is 6.61 Å². The van der Waals surface area contributed by atoms with E-state index in [4.69, 9.17) is 16.3 Å². The zero-order chi connectivity index (χ0) is 16.8. The van der Waals surface area contributed by atoms with Crippen LogP contribution < -0.4 is 14.8 Å². The lowest BCUT2D eigenvalue weighted by Gasteiger charge is -2.09. The number of amides is 1. The summed E-state index contributed by atoms with van der Waals surface area (Å²) in [7, 11) is 1.50. The van der Waals surface area contributed by atoms with Gasteiger partial charge in [0.2, 0.25) is 5.91 Å². The van der Waals surface area contributed by atoms with Gasteiger partial charge in [0.05, 0.1) is 18.6 Å². The maximum absolute atomic E-state index is 12.1. The Hall–Kier alpha value is -2.34. The van der Waals surface area contributed by atoms with Crippen LogP contribution in [0.1, 0.15) is 5.56 Å². The lowest BCUT2D eigenvalue weighted by atomic mass is 10.1. The summed E-state index contributed by atoms with van der Waals surface area (Å²) in [5, 5.41) is 3.09. The van der Waals surface area contributed by atoms with Crippen LogP contribution in [0.2, 0.25) is 5.02 Å². The van der Waals surface area contributed by atoms with Crippen molar-refractivity contribution in [3.8, 4) is 11.5 Å². The largest absolute Gasteiger partial charge is 0.495 e. The van der Waals surface area contributed by atoms with Crippen molar-refractivity contribution >= 4 is 23.2 Å². The van der Waals surface area contributed by atoms with E-state index in [2.05, 4.69) is 10.1 Å². The summed E-state index contributed by atoms with van der Waals surface area (Å²) in [4.78, 5) is 12.0. The van der Waals surface area contributed by atoms with Gasteiger partial charge in [0.1, 0.15) is 11.5 Å². The molecule has 0 spiro atoms. The van der Waals surface area contributed by atoms with Crippen molar-refractivity contribution in [3.05, 3.63) is 53.1 Å². The molecule has 0 unspecified atom stereocenters. The Kier molecular flexibility index (Phi) is 5.76. The molecule has 2 rings (SSSR count). The number of rotatable bonds is 6. The number of nitrogens with one attached hydrogen (secondary N) is 1. The Balaban J connectivity index is 1.95. The third-order valence-electron chi connectivity index (χ3n) is 2.95. The van der Waals surface area contributed by atoms with Crippen molar-refractivity contribution in [2.24, 2.45) is 0 Å². The number of halogens is 3. The number of anilines is 1. The predicted octanol–water partition coefficient (Wildman–Crippen LogP) is 4.13. The molecule has 0 aliphatic rings. The first-order valence-corrected chi connectivity index (χ1v) is 7.03. The van der Waals surface area contributed by atoms with Crippen LogP contribution in [0.15, 0.2) is 42.5 Å². The fraction of sp³-hybridized carbons (Fsp3) is 0.188. The third kappa shape index (κ3) is 5.10. The Bertz CT molecular complexity index is 678. The van der Waals surface area contributed by atoms with E-state index in [1.807, 2.05) is 0 Å². The molecule has 0 saturated carbocycles. The van der Waals surface area contributed by atoms with Crippen molar-refractivity contribution in [1.29, 1.82) is 0 Å². The molecule has 0 atom stereocenters. The SMILES string of the molecule is COc1ccc(NC(=O)Cc2ccc(OC(F)F)cc2)cc1Cl. The number of ether oxygens (including phenoxy) is 2. The van der Waals surface area contributed by atoms with Gasteiger partial charge in [-0.3, -0.25) is 4.79 Å². The van der Waals surface area contributed by atoms with Crippen molar-refractivity contribution in [1.82, 2.24) is 0 Å². The number of alkyl halides is 2. The molecule has 2 aromatic carbocycles. The number of hydrogen-bond donors (Lipinski definition) is 1. The van der Waals surface area contributed by atoms with Crippen LogP contribution in [0, 0.1) is 0 Å². The van der Waals surface area contributed by atoms with Crippen LogP contribution in [0.25, 0.3) is 0 Å². The van der Waals surface area contributed by atoms with E-state index in [9.17, 15) is 13.6 Å². The molecule has 0 aliphatic carbocycles. The highest BCUT2D eigenvalue weighted by molar-refractivity contribution is 6.32.